The second-order valence-corrected chi connectivity index (χ2v) is 6.76. The van der Waals surface area contributed by atoms with Crippen LogP contribution in [0.5, 0.6) is 0 Å². The second kappa shape index (κ2) is 8.26. The van der Waals surface area contributed by atoms with Crippen molar-refractivity contribution in [3.63, 3.8) is 0 Å². The van der Waals surface area contributed by atoms with Crippen molar-refractivity contribution in [1.29, 1.82) is 0 Å². The van der Waals surface area contributed by atoms with Gasteiger partial charge >= 0.3 is 6.03 Å². The average Bonchev–Trinajstić information content (AvgIpc) is 3.16. The maximum Gasteiger partial charge on any atom is 0.320 e. The Morgan fingerprint density at radius 2 is 2.00 bits per heavy atom. The summed E-state index contributed by atoms with van der Waals surface area (Å²) in [5, 5.41) is 22.9. The van der Waals surface area contributed by atoms with Crippen LogP contribution in [0.4, 0.5) is 15.0 Å². The zero-order valence-electron chi connectivity index (χ0n) is 16.1. The van der Waals surface area contributed by atoms with Crippen molar-refractivity contribution in [3.8, 4) is 11.3 Å². The van der Waals surface area contributed by atoms with E-state index in [0.29, 0.717) is 16.9 Å². The van der Waals surface area contributed by atoms with Crippen molar-refractivity contribution in [2.75, 3.05) is 11.9 Å². The molecule has 0 fully saturated rings. The van der Waals surface area contributed by atoms with Gasteiger partial charge in [0.15, 0.2) is 0 Å². The number of carbonyl (C=O) groups excluding carboxylic acids is 1. The number of carbonyl (C=O) groups is 1. The fraction of sp³-hybridized carbons (Fsp3) is 0.143. The van der Waals surface area contributed by atoms with Gasteiger partial charge in [-0.1, -0.05) is 12.1 Å². The van der Waals surface area contributed by atoms with Gasteiger partial charge in [-0.05, 0) is 36.8 Å². The Kier molecular flexibility index (Phi) is 5.36. The molecule has 3 aromatic heterocycles. The quantitative estimate of drug-likeness (QED) is 0.406. The van der Waals surface area contributed by atoms with E-state index >= 15 is 0 Å². The Morgan fingerprint density at radius 1 is 1.20 bits per heavy atom. The largest absolute Gasteiger partial charge is 0.394 e. The number of aliphatic hydroxyl groups is 1. The van der Waals surface area contributed by atoms with E-state index in [-0.39, 0.29) is 6.61 Å². The molecule has 1 unspecified atom stereocenters. The molecule has 4 rings (SSSR count). The third-order valence-electron chi connectivity index (χ3n) is 4.62. The number of aryl methyl sites for hydroxylation is 1. The van der Waals surface area contributed by atoms with Crippen LogP contribution in [0.15, 0.2) is 54.9 Å². The Morgan fingerprint density at radius 3 is 2.73 bits per heavy atom. The number of nitrogens with one attached hydrogen (secondary N) is 3. The molecule has 0 saturated heterocycles. The number of rotatable bonds is 5. The Labute approximate surface area is 171 Å². The lowest BCUT2D eigenvalue weighted by Gasteiger charge is -2.17. The van der Waals surface area contributed by atoms with Gasteiger partial charge in [-0.2, -0.15) is 5.10 Å². The number of H-pyrrole nitrogens is 1. The number of amides is 2. The van der Waals surface area contributed by atoms with Gasteiger partial charge in [0.25, 0.3) is 0 Å². The third kappa shape index (κ3) is 4.11. The predicted octanol–water partition coefficient (Wildman–Crippen LogP) is 3.32. The summed E-state index contributed by atoms with van der Waals surface area (Å²) >= 11 is 0. The van der Waals surface area contributed by atoms with E-state index in [2.05, 4.69) is 30.8 Å². The number of urea groups is 1. The molecule has 2 amide bonds. The van der Waals surface area contributed by atoms with E-state index in [1.807, 2.05) is 19.1 Å². The molecule has 4 aromatic rings. The van der Waals surface area contributed by atoms with Crippen LogP contribution < -0.4 is 10.6 Å². The summed E-state index contributed by atoms with van der Waals surface area (Å²) < 4.78 is 13.1. The van der Waals surface area contributed by atoms with Crippen LogP contribution in [0.3, 0.4) is 0 Å². The summed E-state index contributed by atoms with van der Waals surface area (Å²) in [6.07, 6.45) is 3.35. The molecule has 8 nitrogen and oxygen atoms in total. The van der Waals surface area contributed by atoms with Crippen molar-refractivity contribution in [1.82, 2.24) is 25.5 Å². The zero-order chi connectivity index (χ0) is 21.1. The number of hydrogen-bond donors (Lipinski definition) is 4. The molecule has 0 aliphatic rings. The molecule has 9 heteroatoms. The monoisotopic (exact) mass is 406 g/mol. The van der Waals surface area contributed by atoms with E-state index < -0.39 is 17.9 Å². The smallest absolute Gasteiger partial charge is 0.320 e. The van der Waals surface area contributed by atoms with Gasteiger partial charge in [0, 0.05) is 35.1 Å². The number of nitrogens with zero attached hydrogens (tertiary/aromatic N) is 3. The molecule has 0 saturated carbocycles. The summed E-state index contributed by atoms with van der Waals surface area (Å²) in [4.78, 5) is 20.8. The molecule has 30 heavy (non-hydrogen) atoms. The molecule has 1 atom stereocenters. The first kappa shape index (κ1) is 19.5. The lowest BCUT2D eigenvalue weighted by Crippen LogP contribution is -2.34. The van der Waals surface area contributed by atoms with E-state index in [1.165, 1.54) is 24.3 Å². The number of halogens is 1. The molecule has 0 aliphatic carbocycles. The Bertz CT molecular complexity index is 1190. The van der Waals surface area contributed by atoms with Crippen molar-refractivity contribution < 1.29 is 14.3 Å². The van der Waals surface area contributed by atoms with Crippen LogP contribution in [0, 0.1) is 12.7 Å². The third-order valence-corrected chi connectivity index (χ3v) is 4.62. The first-order valence-electron chi connectivity index (χ1n) is 9.24. The van der Waals surface area contributed by atoms with Crippen molar-refractivity contribution in [2.45, 2.75) is 13.0 Å². The van der Waals surface area contributed by atoms with E-state index in [1.54, 1.807) is 18.5 Å². The topological polar surface area (TPSA) is 116 Å². The van der Waals surface area contributed by atoms with E-state index in [4.69, 9.17) is 0 Å². The van der Waals surface area contributed by atoms with Gasteiger partial charge in [0.05, 0.1) is 18.2 Å². The van der Waals surface area contributed by atoms with E-state index in [9.17, 15) is 14.3 Å². The Hall–Kier alpha value is -3.85. The first-order valence-corrected chi connectivity index (χ1v) is 9.24. The van der Waals surface area contributed by atoms with Gasteiger partial charge in [-0.3, -0.25) is 15.4 Å². The highest BCUT2D eigenvalue weighted by Crippen LogP contribution is 2.27. The minimum Gasteiger partial charge on any atom is -0.394 e. The van der Waals surface area contributed by atoms with Gasteiger partial charge in [0.1, 0.15) is 17.3 Å². The minimum atomic E-state index is -0.678. The highest BCUT2D eigenvalue weighted by molar-refractivity contribution is 5.95. The molecule has 0 bridgehead atoms. The minimum absolute atomic E-state index is 0.317. The molecule has 1 aromatic carbocycles. The number of pyridine rings is 2. The van der Waals surface area contributed by atoms with Crippen LogP contribution in [0.1, 0.15) is 17.3 Å². The number of hydrogen-bond acceptors (Lipinski definition) is 5. The second-order valence-electron chi connectivity index (χ2n) is 6.76. The highest BCUT2D eigenvalue weighted by atomic mass is 19.1. The molecule has 152 valence electrons. The predicted molar refractivity (Wildman–Crippen MR) is 110 cm³/mol. The number of anilines is 1. The summed E-state index contributed by atoms with van der Waals surface area (Å²) in [7, 11) is 0. The van der Waals surface area contributed by atoms with Crippen molar-refractivity contribution in [3.05, 3.63) is 71.9 Å². The molecular weight excluding hydrogens is 387 g/mol. The van der Waals surface area contributed by atoms with Gasteiger partial charge in [-0.15, -0.1) is 0 Å². The number of aromatic nitrogens is 4. The highest BCUT2D eigenvalue weighted by Gasteiger charge is 2.15. The SMILES string of the molecule is Cc1cc(-c2n[nH]c3cc(NC(=O)NC(CO)c4ccc(F)cc4)ncc23)ccn1. The van der Waals surface area contributed by atoms with Crippen LogP contribution in [0.2, 0.25) is 0 Å². The average molecular weight is 406 g/mol. The van der Waals surface area contributed by atoms with E-state index in [0.717, 1.165) is 22.3 Å². The summed E-state index contributed by atoms with van der Waals surface area (Å²) in [5.74, 6) is -0.0739. The fourth-order valence-electron chi connectivity index (χ4n) is 3.13. The maximum absolute atomic E-state index is 13.1. The number of aliphatic hydroxyl groups excluding tert-OH is 1. The molecule has 4 N–H and O–H groups in total. The van der Waals surface area contributed by atoms with Gasteiger partial charge in [-0.25, -0.2) is 14.2 Å². The lowest BCUT2D eigenvalue weighted by molar-refractivity contribution is 0.225. The van der Waals surface area contributed by atoms with Crippen molar-refractivity contribution in [2.24, 2.45) is 0 Å². The number of fused-ring (bicyclic) bond motifs is 1. The normalized spacial score (nSPS) is 12.0. The molecular formula is C21H19FN6O2. The van der Waals surface area contributed by atoms with Crippen LogP contribution in [0.25, 0.3) is 22.2 Å². The lowest BCUT2D eigenvalue weighted by atomic mass is 10.1. The fourth-order valence-corrected chi connectivity index (χ4v) is 3.13. The van der Waals surface area contributed by atoms with Crippen molar-refractivity contribution >= 4 is 22.8 Å². The number of aromatic amines is 1. The van der Waals surface area contributed by atoms with Gasteiger partial charge < -0.3 is 10.4 Å². The standard InChI is InChI=1S/C21H19FN6O2/c1-12-8-14(6-7-23-12)20-16-10-24-19(9-17(16)27-28-20)26-21(30)25-18(11-29)13-2-4-15(22)5-3-13/h2-10,18,29H,11H2,1H3,(H,27,28)(H2,24,25,26,30). The summed E-state index contributed by atoms with van der Waals surface area (Å²) in [6.45, 7) is 1.57. The van der Waals surface area contributed by atoms with Gasteiger partial charge in [0.2, 0.25) is 0 Å². The molecule has 0 aliphatic heterocycles. The summed E-state index contributed by atoms with van der Waals surface area (Å²) in [5.41, 5.74) is 3.84. The first-order chi connectivity index (χ1) is 14.5. The number of benzene rings is 1. The van der Waals surface area contributed by atoms with Crippen LogP contribution in [-0.2, 0) is 0 Å². The zero-order valence-corrected chi connectivity index (χ0v) is 16.1. The molecule has 0 spiro atoms. The molecule has 3 heterocycles. The maximum atomic E-state index is 13.1. The summed E-state index contributed by atoms with van der Waals surface area (Å²) in [6, 6.07) is 9.80. The Balaban J connectivity index is 1.50. The van der Waals surface area contributed by atoms with Crippen LogP contribution >= 0.6 is 0 Å². The van der Waals surface area contributed by atoms with Crippen LogP contribution in [-0.4, -0.2) is 37.9 Å². The molecule has 0 radical (unpaired) electrons.